The molecule has 0 bridgehead atoms. The average Bonchev–Trinajstić information content (AvgIpc) is 3.05. The lowest BCUT2D eigenvalue weighted by molar-refractivity contribution is -0.132. The van der Waals surface area contributed by atoms with Crippen LogP contribution in [0.1, 0.15) is 36.0 Å². The molecule has 1 aliphatic rings. The fourth-order valence-corrected chi connectivity index (χ4v) is 2.82. The van der Waals surface area contributed by atoms with Gasteiger partial charge < -0.3 is 19.6 Å². The number of nitrogens with one attached hydrogen (secondary N) is 1. The molecule has 0 aromatic carbocycles. The molecule has 1 atom stereocenters. The van der Waals surface area contributed by atoms with Gasteiger partial charge in [-0.3, -0.25) is 14.4 Å². The Balaban J connectivity index is 1.90. The molecule has 8 nitrogen and oxygen atoms in total. The van der Waals surface area contributed by atoms with Gasteiger partial charge in [0.2, 0.25) is 17.6 Å². The summed E-state index contributed by atoms with van der Waals surface area (Å²) in [7, 11) is 0. The minimum Gasteiger partial charge on any atom is -0.351 e. The largest absolute Gasteiger partial charge is 0.351 e. The molecule has 0 spiro atoms. The van der Waals surface area contributed by atoms with Crippen LogP contribution in [0.25, 0.3) is 0 Å². The van der Waals surface area contributed by atoms with E-state index in [9.17, 15) is 14.4 Å². The minimum atomic E-state index is -0.279. The minimum absolute atomic E-state index is 0.0207. The third-order valence-electron chi connectivity index (χ3n) is 4.11. The maximum absolute atomic E-state index is 12.4. The number of aromatic nitrogens is 1. The van der Waals surface area contributed by atoms with Gasteiger partial charge in [0, 0.05) is 31.7 Å². The molecule has 1 N–H and O–H groups in total. The van der Waals surface area contributed by atoms with Gasteiger partial charge in [-0.05, 0) is 32.8 Å². The number of carbonyl (C=O) groups is 3. The van der Waals surface area contributed by atoms with Gasteiger partial charge in [0.1, 0.15) is 0 Å². The van der Waals surface area contributed by atoms with E-state index >= 15 is 0 Å². The van der Waals surface area contributed by atoms with Crippen LogP contribution in [0.4, 0.5) is 0 Å². The number of aryl methyl sites for hydroxylation is 1. The molecule has 0 unspecified atom stereocenters. The number of carbonyl (C=O) groups excluding carboxylic acids is 3. The van der Waals surface area contributed by atoms with Crippen molar-refractivity contribution in [3.05, 3.63) is 30.2 Å². The standard InChI is InChI=1S/C17H24N4O4/c1-4-16(23)20(5-2)11-15(22)18-13-7-6-8-21(10-13)17(24)14-9-12(3)19-25-14/h4,9,13H,1,5-8,10-11H2,2-3H3,(H,18,22)/t13-/m1/s1. The predicted octanol–water partition coefficient (Wildman–Crippen LogP) is 0.738. The van der Waals surface area contributed by atoms with Crippen LogP contribution in [0.3, 0.4) is 0 Å². The third-order valence-corrected chi connectivity index (χ3v) is 4.11. The van der Waals surface area contributed by atoms with Crippen molar-refractivity contribution in [3.8, 4) is 0 Å². The number of hydrogen-bond donors (Lipinski definition) is 1. The van der Waals surface area contributed by atoms with E-state index in [1.165, 1.54) is 11.0 Å². The summed E-state index contributed by atoms with van der Waals surface area (Å²) in [5.41, 5.74) is 0.650. The monoisotopic (exact) mass is 348 g/mol. The molecule has 2 heterocycles. The van der Waals surface area contributed by atoms with Crippen molar-refractivity contribution in [3.63, 3.8) is 0 Å². The molecule has 8 heteroatoms. The fourth-order valence-electron chi connectivity index (χ4n) is 2.82. The van der Waals surface area contributed by atoms with Crippen molar-refractivity contribution in [1.82, 2.24) is 20.3 Å². The molecular formula is C17H24N4O4. The fraction of sp³-hybridized carbons (Fsp3) is 0.529. The van der Waals surface area contributed by atoms with Crippen LogP contribution < -0.4 is 5.32 Å². The lowest BCUT2D eigenvalue weighted by Gasteiger charge is -2.33. The van der Waals surface area contributed by atoms with Crippen LogP contribution in [-0.4, -0.2) is 64.9 Å². The van der Waals surface area contributed by atoms with Gasteiger partial charge in [0.25, 0.3) is 5.91 Å². The lowest BCUT2D eigenvalue weighted by Crippen LogP contribution is -2.51. The second-order valence-corrected chi connectivity index (χ2v) is 6.05. The highest BCUT2D eigenvalue weighted by Crippen LogP contribution is 2.14. The van der Waals surface area contributed by atoms with Gasteiger partial charge in [-0.15, -0.1) is 0 Å². The highest BCUT2D eigenvalue weighted by Gasteiger charge is 2.28. The molecule has 0 aliphatic carbocycles. The first-order valence-corrected chi connectivity index (χ1v) is 8.37. The van der Waals surface area contributed by atoms with Crippen molar-refractivity contribution < 1.29 is 18.9 Å². The van der Waals surface area contributed by atoms with Crippen molar-refractivity contribution in [2.24, 2.45) is 0 Å². The first-order valence-electron chi connectivity index (χ1n) is 8.37. The van der Waals surface area contributed by atoms with Gasteiger partial charge in [0.05, 0.1) is 12.2 Å². The van der Waals surface area contributed by atoms with E-state index in [0.29, 0.717) is 25.3 Å². The number of nitrogens with zero attached hydrogens (tertiary/aromatic N) is 3. The van der Waals surface area contributed by atoms with Crippen LogP contribution in [-0.2, 0) is 9.59 Å². The molecule has 1 aliphatic heterocycles. The SMILES string of the molecule is C=CC(=O)N(CC)CC(=O)N[C@@H]1CCCN(C(=O)c2cc(C)no2)C1. The van der Waals surface area contributed by atoms with Crippen molar-refractivity contribution in [2.45, 2.75) is 32.7 Å². The third kappa shape index (κ3) is 4.91. The summed E-state index contributed by atoms with van der Waals surface area (Å²) in [4.78, 5) is 39.3. The highest BCUT2D eigenvalue weighted by molar-refractivity contribution is 5.92. The van der Waals surface area contributed by atoms with E-state index in [-0.39, 0.29) is 36.1 Å². The maximum Gasteiger partial charge on any atom is 0.292 e. The van der Waals surface area contributed by atoms with Crippen molar-refractivity contribution in [1.29, 1.82) is 0 Å². The summed E-state index contributed by atoms with van der Waals surface area (Å²) >= 11 is 0. The van der Waals surface area contributed by atoms with E-state index in [1.807, 2.05) is 0 Å². The summed E-state index contributed by atoms with van der Waals surface area (Å²) in [5, 5.41) is 6.63. The molecule has 1 aromatic rings. The highest BCUT2D eigenvalue weighted by atomic mass is 16.5. The van der Waals surface area contributed by atoms with Crippen LogP contribution in [0.2, 0.25) is 0 Å². The Kier molecular flexibility index (Phi) is 6.32. The first-order chi connectivity index (χ1) is 11.9. The Bertz CT molecular complexity index is 655. The van der Waals surface area contributed by atoms with Gasteiger partial charge in [0.15, 0.2) is 0 Å². The number of hydrogen-bond acceptors (Lipinski definition) is 5. The maximum atomic E-state index is 12.4. The van der Waals surface area contributed by atoms with Gasteiger partial charge in [-0.2, -0.15) is 0 Å². The molecular weight excluding hydrogens is 324 g/mol. The molecule has 0 radical (unpaired) electrons. The Hall–Kier alpha value is -2.64. The molecule has 1 fully saturated rings. The first kappa shape index (κ1) is 18.7. The second-order valence-electron chi connectivity index (χ2n) is 6.05. The Morgan fingerprint density at radius 3 is 2.88 bits per heavy atom. The zero-order valence-electron chi connectivity index (χ0n) is 14.7. The molecule has 2 rings (SSSR count). The topological polar surface area (TPSA) is 95.8 Å². The predicted molar refractivity (Wildman–Crippen MR) is 90.8 cm³/mol. The van der Waals surface area contributed by atoms with Gasteiger partial charge in [-0.1, -0.05) is 11.7 Å². The second kappa shape index (κ2) is 8.46. The number of likely N-dealkylation sites (tertiary alicyclic amines) is 1. The zero-order chi connectivity index (χ0) is 18.4. The van der Waals surface area contributed by atoms with Crippen LogP contribution in [0.15, 0.2) is 23.2 Å². The van der Waals surface area contributed by atoms with Crippen molar-refractivity contribution in [2.75, 3.05) is 26.2 Å². The van der Waals surface area contributed by atoms with Crippen LogP contribution in [0, 0.1) is 6.92 Å². The summed E-state index contributed by atoms with van der Waals surface area (Å²) in [6, 6.07) is 1.46. The molecule has 1 saturated heterocycles. The molecule has 25 heavy (non-hydrogen) atoms. The summed E-state index contributed by atoms with van der Waals surface area (Å²) in [6.45, 7) is 8.41. The Labute approximate surface area is 146 Å². The van der Waals surface area contributed by atoms with Crippen molar-refractivity contribution >= 4 is 17.7 Å². The van der Waals surface area contributed by atoms with Gasteiger partial charge in [-0.25, -0.2) is 0 Å². The molecule has 3 amide bonds. The summed E-state index contributed by atoms with van der Waals surface area (Å²) in [5.74, 6) is -0.541. The zero-order valence-corrected chi connectivity index (χ0v) is 14.7. The number of rotatable bonds is 6. The molecule has 0 saturated carbocycles. The number of likely N-dealkylation sites (N-methyl/N-ethyl adjacent to an activating group) is 1. The van der Waals surface area contributed by atoms with Crippen LogP contribution in [0.5, 0.6) is 0 Å². The Morgan fingerprint density at radius 2 is 2.28 bits per heavy atom. The molecule has 136 valence electrons. The smallest absolute Gasteiger partial charge is 0.292 e. The Morgan fingerprint density at radius 1 is 1.52 bits per heavy atom. The quantitative estimate of drug-likeness (QED) is 0.765. The van der Waals surface area contributed by atoms with Gasteiger partial charge >= 0.3 is 0 Å². The lowest BCUT2D eigenvalue weighted by atomic mass is 10.1. The van der Waals surface area contributed by atoms with E-state index < -0.39 is 0 Å². The number of piperidine rings is 1. The van der Waals surface area contributed by atoms with E-state index in [4.69, 9.17) is 4.52 Å². The van der Waals surface area contributed by atoms with E-state index in [2.05, 4.69) is 17.1 Å². The summed E-state index contributed by atoms with van der Waals surface area (Å²) in [6.07, 6.45) is 2.76. The normalized spacial score (nSPS) is 17.0. The summed E-state index contributed by atoms with van der Waals surface area (Å²) < 4.78 is 5.02. The van der Waals surface area contributed by atoms with E-state index in [0.717, 1.165) is 12.8 Å². The average molecular weight is 348 g/mol. The number of amides is 3. The molecule has 1 aromatic heterocycles. The van der Waals surface area contributed by atoms with E-state index in [1.54, 1.807) is 24.8 Å². The van der Waals surface area contributed by atoms with Crippen LogP contribution >= 0.6 is 0 Å².